The van der Waals surface area contributed by atoms with Gasteiger partial charge < -0.3 is 19.8 Å². The lowest BCUT2D eigenvalue weighted by molar-refractivity contribution is 0.0663. The van der Waals surface area contributed by atoms with Crippen molar-refractivity contribution in [1.29, 1.82) is 0 Å². The summed E-state index contributed by atoms with van der Waals surface area (Å²) in [7, 11) is 1.77. The van der Waals surface area contributed by atoms with Crippen molar-refractivity contribution in [3.63, 3.8) is 0 Å². The first-order valence-electron chi connectivity index (χ1n) is 5.68. The number of anilines is 1. The molecule has 3 N–H and O–H groups in total. The number of pyridine rings is 1. The van der Waals surface area contributed by atoms with Crippen LogP contribution in [0.3, 0.4) is 0 Å². The average molecular weight is 257 g/mol. The molecule has 0 aromatic carbocycles. The largest absolute Gasteiger partial charge is 0.475 e. The molecule has 3 aromatic heterocycles. The molecule has 0 aliphatic carbocycles. The van der Waals surface area contributed by atoms with E-state index in [0.29, 0.717) is 11.6 Å². The topological polar surface area (TPSA) is 91.1 Å². The number of carbonyl (C=O) groups is 1. The normalized spacial score (nSPS) is 10.8. The highest BCUT2D eigenvalue weighted by Gasteiger charge is 2.14. The van der Waals surface area contributed by atoms with Crippen LogP contribution >= 0.6 is 0 Å². The van der Waals surface area contributed by atoms with Crippen LogP contribution in [-0.4, -0.2) is 28.1 Å². The molecule has 6 nitrogen and oxygen atoms in total. The van der Waals surface area contributed by atoms with Crippen molar-refractivity contribution in [3.8, 4) is 11.3 Å². The van der Waals surface area contributed by atoms with Crippen LogP contribution in [-0.2, 0) is 0 Å². The van der Waals surface area contributed by atoms with Crippen LogP contribution in [0.5, 0.6) is 0 Å². The van der Waals surface area contributed by atoms with Gasteiger partial charge in [-0.2, -0.15) is 0 Å². The van der Waals surface area contributed by atoms with Crippen LogP contribution in [0.15, 0.2) is 34.9 Å². The van der Waals surface area contributed by atoms with Crippen LogP contribution in [0.4, 0.5) is 5.82 Å². The van der Waals surface area contributed by atoms with Gasteiger partial charge in [0.15, 0.2) is 0 Å². The van der Waals surface area contributed by atoms with Crippen LogP contribution in [0.25, 0.3) is 22.4 Å². The molecule has 19 heavy (non-hydrogen) atoms. The summed E-state index contributed by atoms with van der Waals surface area (Å²) in [5.74, 6) is 0.0140. The summed E-state index contributed by atoms with van der Waals surface area (Å²) in [6.07, 6.45) is 1.78. The first-order valence-corrected chi connectivity index (χ1v) is 5.68. The Morgan fingerprint density at radius 2 is 2.26 bits per heavy atom. The van der Waals surface area contributed by atoms with E-state index in [1.807, 2.05) is 12.1 Å². The first kappa shape index (κ1) is 11.3. The minimum atomic E-state index is -1.08. The van der Waals surface area contributed by atoms with Gasteiger partial charge in [0.25, 0.3) is 0 Å². The number of carboxylic acid groups (broad SMARTS) is 1. The minimum Gasteiger partial charge on any atom is -0.475 e. The van der Waals surface area contributed by atoms with Crippen LogP contribution in [0, 0.1) is 0 Å². The van der Waals surface area contributed by atoms with Crippen molar-refractivity contribution in [1.82, 2.24) is 9.97 Å². The van der Waals surface area contributed by atoms with Crippen molar-refractivity contribution in [3.05, 3.63) is 36.2 Å². The Labute approximate surface area is 108 Å². The van der Waals surface area contributed by atoms with Gasteiger partial charge >= 0.3 is 5.97 Å². The molecule has 0 bridgehead atoms. The van der Waals surface area contributed by atoms with Gasteiger partial charge in [-0.3, -0.25) is 0 Å². The second-order valence-electron chi connectivity index (χ2n) is 4.01. The molecule has 0 unspecified atom stereocenters. The third kappa shape index (κ3) is 1.83. The molecule has 0 atom stereocenters. The predicted molar refractivity (Wildman–Crippen MR) is 70.3 cm³/mol. The SMILES string of the molecule is CNc1cc(-c2ccc(C(=O)O)o2)c2cc[nH]c2n1. The fraction of sp³-hybridized carbons (Fsp3) is 0.0769. The van der Waals surface area contributed by atoms with Gasteiger partial charge in [0, 0.05) is 24.2 Å². The van der Waals surface area contributed by atoms with Crippen molar-refractivity contribution in [2.24, 2.45) is 0 Å². The maximum Gasteiger partial charge on any atom is 0.371 e. The second-order valence-corrected chi connectivity index (χ2v) is 4.01. The fourth-order valence-corrected chi connectivity index (χ4v) is 1.97. The molecule has 0 saturated carbocycles. The minimum absolute atomic E-state index is 0.0819. The zero-order valence-corrected chi connectivity index (χ0v) is 10.1. The van der Waals surface area contributed by atoms with Gasteiger partial charge in [0.2, 0.25) is 5.76 Å². The summed E-state index contributed by atoms with van der Waals surface area (Å²) < 4.78 is 5.34. The number of aromatic nitrogens is 2. The van der Waals surface area contributed by atoms with E-state index in [9.17, 15) is 4.79 Å². The number of rotatable bonds is 3. The number of hydrogen-bond acceptors (Lipinski definition) is 4. The van der Waals surface area contributed by atoms with Gasteiger partial charge in [-0.1, -0.05) is 0 Å². The van der Waals surface area contributed by atoms with E-state index in [0.717, 1.165) is 16.6 Å². The average Bonchev–Trinajstić information content (AvgIpc) is 3.06. The highest BCUT2D eigenvalue weighted by molar-refractivity contribution is 5.94. The molecule has 0 saturated heterocycles. The zero-order chi connectivity index (χ0) is 13.4. The number of nitrogens with one attached hydrogen (secondary N) is 2. The third-order valence-corrected chi connectivity index (χ3v) is 2.87. The molecule has 0 aliphatic rings. The second kappa shape index (κ2) is 4.16. The Bertz CT molecular complexity index is 757. The Kier molecular flexibility index (Phi) is 2.49. The molecule has 0 aliphatic heterocycles. The van der Waals surface area contributed by atoms with Crippen molar-refractivity contribution in [2.45, 2.75) is 0 Å². The standard InChI is InChI=1S/C13H11N3O3/c1-14-11-6-8(7-4-5-15-12(7)16-11)9-2-3-10(19-9)13(17)18/h2-6H,1H3,(H,17,18)(H2,14,15,16). The molecule has 96 valence electrons. The van der Waals surface area contributed by atoms with Crippen molar-refractivity contribution >= 4 is 22.8 Å². The van der Waals surface area contributed by atoms with E-state index in [2.05, 4.69) is 15.3 Å². The number of furan rings is 1. The molecule has 3 heterocycles. The number of nitrogens with zero attached hydrogens (tertiary/aromatic N) is 1. The lowest BCUT2D eigenvalue weighted by Crippen LogP contribution is -1.94. The number of aromatic carboxylic acids is 1. The van der Waals surface area contributed by atoms with Gasteiger partial charge in [0.05, 0.1) is 0 Å². The van der Waals surface area contributed by atoms with Crippen molar-refractivity contribution < 1.29 is 14.3 Å². The lowest BCUT2D eigenvalue weighted by Gasteiger charge is -2.04. The molecule has 3 aromatic rings. The highest BCUT2D eigenvalue weighted by Crippen LogP contribution is 2.31. The number of aromatic amines is 1. The molecular weight excluding hydrogens is 246 g/mol. The Morgan fingerprint density at radius 3 is 2.95 bits per heavy atom. The summed E-state index contributed by atoms with van der Waals surface area (Å²) in [6, 6.07) is 6.78. The van der Waals surface area contributed by atoms with E-state index in [4.69, 9.17) is 9.52 Å². The fourth-order valence-electron chi connectivity index (χ4n) is 1.97. The summed E-state index contributed by atoms with van der Waals surface area (Å²) in [6.45, 7) is 0. The Morgan fingerprint density at radius 1 is 1.42 bits per heavy atom. The van der Waals surface area contributed by atoms with E-state index in [1.54, 1.807) is 19.3 Å². The van der Waals surface area contributed by atoms with E-state index < -0.39 is 5.97 Å². The number of H-pyrrole nitrogens is 1. The maximum absolute atomic E-state index is 10.9. The predicted octanol–water partition coefficient (Wildman–Crippen LogP) is 2.56. The molecule has 0 amide bonds. The number of carboxylic acids is 1. The molecule has 0 spiro atoms. The van der Waals surface area contributed by atoms with Crippen LogP contribution in [0.1, 0.15) is 10.6 Å². The molecule has 3 rings (SSSR count). The van der Waals surface area contributed by atoms with Gasteiger partial charge in [0.1, 0.15) is 17.2 Å². The highest BCUT2D eigenvalue weighted by atomic mass is 16.4. The summed E-state index contributed by atoms with van der Waals surface area (Å²) >= 11 is 0. The van der Waals surface area contributed by atoms with Gasteiger partial charge in [-0.05, 0) is 24.3 Å². The van der Waals surface area contributed by atoms with Gasteiger partial charge in [-0.15, -0.1) is 0 Å². The summed E-state index contributed by atoms with van der Waals surface area (Å²) in [5, 5.41) is 12.7. The number of hydrogen-bond donors (Lipinski definition) is 3. The molecular formula is C13H11N3O3. The maximum atomic E-state index is 10.9. The summed E-state index contributed by atoms with van der Waals surface area (Å²) in [5.41, 5.74) is 1.51. The quantitative estimate of drug-likeness (QED) is 0.670. The molecule has 0 fully saturated rings. The van der Waals surface area contributed by atoms with E-state index >= 15 is 0 Å². The first-order chi connectivity index (χ1) is 9.19. The van der Waals surface area contributed by atoms with Crippen LogP contribution < -0.4 is 5.32 Å². The molecule has 6 heteroatoms. The Balaban J connectivity index is 2.21. The molecule has 0 radical (unpaired) electrons. The summed E-state index contributed by atoms with van der Waals surface area (Å²) in [4.78, 5) is 18.2. The van der Waals surface area contributed by atoms with Gasteiger partial charge in [-0.25, -0.2) is 9.78 Å². The van der Waals surface area contributed by atoms with Crippen LogP contribution in [0.2, 0.25) is 0 Å². The zero-order valence-electron chi connectivity index (χ0n) is 10.1. The van der Waals surface area contributed by atoms with Crippen molar-refractivity contribution in [2.75, 3.05) is 12.4 Å². The smallest absolute Gasteiger partial charge is 0.371 e. The van der Waals surface area contributed by atoms with E-state index in [-0.39, 0.29) is 5.76 Å². The lowest BCUT2D eigenvalue weighted by atomic mass is 10.1. The Hall–Kier alpha value is -2.76. The number of fused-ring (bicyclic) bond motifs is 1. The third-order valence-electron chi connectivity index (χ3n) is 2.87. The monoisotopic (exact) mass is 257 g/mol. The van der Waals surface area contributed by atoms with E-state index in [1.165, 1.54) is 6.07 Å².